The Morgan fingerprint density at radius 1 is 0.491 bits per heavy atom. The Bertz CT molecular complexity index is 2770. The van der Waals surface area contributed by atoms with Gasteiger partial charge in [0.2, 0.25) is 0 Å². The minimum absolute atomic E-state index is 0.100. The highest BCUT2D eigenvalue weighted by Gasteiger charge is 2.36. The second-order valence-electron chi connectivity index (χ2n) is 17.3. The molecule has 1 heterocycles. The third-order valence-electron chi connectivity index (χ3n) is 12.4. The van der Waals surface area contributed by atoms with Crippen LogP contribution in [0.4, 0.5) is 17.1 Å². The molecule has 0 bridgehead atoms. The van der Waals surface area contributed by atoms with Crippen LogP contribution in [0.15, 0.2) is 150 Å². The average Bonchev–Trinajstić information content (AvgIpc) is 3.66. The molecule has 270 valence electrons. The van der Waals surface area contributed by atoms with E-state index in [1.807, 2.05) is 0 Å². The van der Waals surface area contributed by atoms with E-state index in [0.29, 0.717) is 0 Å². The van der Waals surface area contributed by atoms with E-state index in [9.17, 15) is 0 Å². The first kappa shape index (κ1) is 33.7. The number of nitrogens with zero attached hydrogens (tertiary/aromatic N) is 1. The number of hydrogen-bond donors (Lipinski definition) is 0. The van der Waals surface area contributed by atoms with Crippen molar-refractivity contribution < 1.29 is 4.42 Å². The minimum Gasteiger partial charge on any atom is -0.456 e. The molecule has 1 aromatic heterocycles. The molecule has 2 heteroatoms. The van der Waals surface area contributed by atoms with Crippen LogP contribution in [0, 0.1) is 0 Å². The van der Waals surface area contributed by atoms with E-state index < -0.39 is 0 Å². The topological polar surface area (TPSA) is 16.4 Å². The first-order chi connectivity index (χ1) is 26.6. The van der Waals surface area contributed by atoms with Gasteiger partial charge in [-0.1, -0.05) is 126 Å². The lowest BCUT2D eigenvalue weighted by atomic mass is 9.82. The van der Waals surface area contributed by atoms with Crippen LogP contribution < -0.4 is 4.90 Å². The highest BCUT2D eigenvalue weighted by Crippen LogP contribution is 2.51. The smallest absolute Gasteiger partial charge is 0.137 e. The molecule has 0 spiro atoms. The molecule has 0 fully saturated rings. The summed E-state index contributed by atoms with van der Waals surface area (Å²) in [6.45, 7) is 11.5. The zero-order chi connectivity index (χ0) is 37.5. The van der Waals surface area contributed by atoms with Crippen LogP contribution >= 0.6 is 0 Å². The van der Waals surface area contributed by atoms with Crippen LogP contribution in [0.5, 0.6) is 0 Å². The summed E-state index contributed by atoms with van der Waals surface area (Å²) >= 11 is 0. The van der Waals surface area contributed by atoms with Crippen molar-refractivity contribution in [3.8, 4) is 33.4 Å². The Kier molecular flexibility index (Phi) is 7.72. The van der Waals surface area contributed by atoms with Gasteiger partial charge in [0.25, 0.3) is 0 Å². The molecule has 0 radical (unpaired) electrons. The van der Waals surface area contributed by atoms with Crippen LogP contribution in [-0.4, -0.2) is 0 Å². The van der Waals surface area contributed by atoms with Gasteiger partial charge >= 0.3 is 0 Å². The van der Waals surface area contributed by atoms with E-state index in [0.717, 1.165) is 46.2 Å². The second kappa shape index (κ2) is 12.6. The molecule has 2 aliphatic rings. The van der Waals surface area contributed by atoms with Crippen molar-refractivity contribution in [3.05, 3.63) is 173 Å². The van der Waals surface area contributed by atoms with Gasteiger partial charge in [0.05, 0.1) is 0 Å². The van der Waals surface area contributed by atoms with Crippen LogP contribution in [-0.2, 0) is 23.7 Å². The summed E-state index contributed by atoms with van der Waals surface area (Å²) < 4.78 is 6.65. The Morgan fingerprint density at radius 3 is 1.91 bits per heavy atom. The van der Waals surface area contributed by atoms with Crippen LogP contribution in [0.3, 0.4) is 0 Å². The lowest BCUT2D eigenvalue weighted by molar-refractivity contribution is 0.590. The molecule has 2 aliphatic carbocycles. The van der Waals surface area contributed by atoms with Gasteiger partial charge in [0.15, 0.2) is 0 Å². The molecule has 8 aromatic rings. The van der Waals surface area contributed by atoms with Gasteiger partial charge in [-0.25, -0.2) is 0 Å². The fourth-order valence-corrected chi connectivity index (χ4v) is 9.35. The minimum atomic E-state index is -0.100. The molecule has 55 heavy (non-hydrogen) atoms. The predicted octanol–water partition coefficient (Wildman–Crippen LogP) is 14.9. The van der Waals surface area contributed by atoms with Gasteiger partial charge in [0, 0.05) is 39.3 Å². The maximum Gasteiger partial charge on any atom is 0.137 e. The summed E-state index contributed by atoms with van der Waals surface area (Å²) in [7, 11) is 0. The summed E-state index contributed by atoms with van der Waals surface area (Å²) in [6, 6.07) is 54.5. The molecule has 0 unspecified atom stereocenters. The molecule has 0 atom stereocenters. The highest BCUT2D eigenvalue weighted by molar-refractivity contribution is 6.07. The summed E-state index contributed by atoms with van der Waals surface area (Å²) in [5, 5.41) is 2.27. The number of rotatable bonds is 4. The monoisotopic (exact) mass is 713 g/mol. The number of furan rings is 1. The van der Waals surface area contributed by atoms with Gasteiger partial charge in [-0.05, 0) is 141 Å². The molecule has 0 N–H and O–H groups in total. The number of benzene rings is 7. The van der Waals surface area contributed by atoms with E-state index in [1.54, 1.807) is 0 Å². The molecule has 0 amide bonds. The maximum atomic E-state index is 6.65. The molecular weight excluding hydrogens is 667 g/mol. The van der Waals surface area contributed by atoms with Crippen LogP contribution in [0.1, 0.15) is 75.3 Å². The SMILES string of the molecule is CC(C)(C)c1ccc(-c2ccc3oc4cc(N(c5ccc6c(c5)CCCCc5ccccc5-6)c5ccc6c(c5)C(C)(C)c5ccccc5-6)ccc4c3c2)cc1. The summed E-state index contributed by atoms with van der Waals surface area (Å²) in [5.41, 5.74) is 20.0. The van der Waals surface area contributed by atoms with Crippen molar-refractivity contribution >= 4 is 39.0 Å². The van der Waals surface area contributed by atoms with Gasteiger partial charge in [-0.15, -0.1) is 0 Å². The maximum absolute atomic E-state index is 6.65. The van der Waals surface area contributed by atoms with Crippen molar-refractivity contribution in [1.29, 1.82) is 0 Å². The van der Waals surface area contributed by atoms with E-state index >= 15 is 0 Å². The van der Waals surface area contributed by atoms with E-state index in [4.69, 9.17) is 4.42 Å². The van der Waals surface area contributed by atoms with E-state index in [2.05, 4.69) is 185 Å². The van der Waals surface area contributed by atoms with E-state index in [-0.39, 0.29) is 10.8 Å². The van der Waals surface area contributed by atoms with Gasteiger partial charge < -0.3 is 9.32 Å². The third-order valence-corrected chi connectivity index (χ3v) is 12.4. The van der Waals surface area contributed by atoms with Gasteiger partial charge in [-0.2, -0.15) is 0 Å². The van der Waals surface area contributed by atoms with Crippen molar-refractivity contribution in [3.63, 3.8) is 0 Å². The normalized spacial score (nSPS) is 14.5. The Hall–Kier alpha value is -5.86. The Morgan fingerprint density at radius 2 is 1.11 bits per heavy atom. The Labute approximate surface area is 325 Å². The molecule has 10 rings (SSSR count). The first-order valence-corrected chi connectivity index (χ1v) is 20.0. The molecular formula is C53H47NO. The summed E-state index contributed by atoms with van der Waals surface area (Å²) in [6.07, 6.45) is 4.60. The third kappa shape index (κ3) is 5.61. The van der Waals surface area contributed by atoms with Crippen molar-refractivity contribution in [1.82, 2.24) is 0 Å². The lowest BCUT2D eigenvalue weighted by Crippen LogP contribution is -2.16. The fraction of sp³-hybridized carbons (Fsp3) is 0.208. The van der Waals surface area contributed by atoms with Crippen molar-refractivity contribution in [2.24, 2.45) is 0 Å². The molecule has 0 saturated carbocycles. The largest absolute Gasteiger partial charge is 0.456 e. The number of fused-ring (bicyclic) bond motifs is 9. The zero-order valence-corrected chi connectivity index (χ0v) is 32.5. The first-order valence-electron chi connectivity index (χ1n) is 20.0. The average molecular weight is 714 g/mol. The standard InChI is InChI=1S/C53H47NO/c1-52(2,3)38-21-18-34(19-22-38)36-20-29-50-47(31-36)46-28-25-41(33-51(46)55-50)54(40-24-27-45-44-16-10-11-17-48(44)53(4,5)49(45)32-40)39-23-26-43-37(30-39)14-7-6-12-35-13-8-9-15-42(35)43/h8-11,13,15-33H,6-7,12,14H2,1-5H3. The van der Waals surface area contributed by atoms with Crippen LogP contribution in [0.25, 0.3) is 55.3 Å². The fourth-order valence-electron chi connectivity index (χ4n) is 9.35. The van der Waals surface area contributed by atoms with E-state index in [1.165, 1.54) is 79.7 Å². The van der Waals surface area contributed by atoms with Gasteiger partial charge in [0.1, 0.15) is 11.2 Å². The number of aryl methyl sites for hydroxylation is 2. The molecule has 0 aliphatic heterocycles. The van der Waals surface area contributed by atoms with Crippen molar-refractivity contribution in [2.75, 3.05) is 4.90 Å². The lowest BCUT2D eigenvalue weighted by Gasteiger charge is -2.29. The zero-order valence-electron chi connectivity index (χ0n) is 32.5. The predicted molar refractivity (Wildman–Crippen MR) is 232 cm³/mol. The van der Waals surface area contributed by atoms with Crippen molar-refractivity contribution in [2.45, 2.75) is 71.1 Å². The number of anilines is 3. The molecule has 2 nitrogen and oxygen atoms in total. The number of hydrogen-bond acceptors (Lipinski definition) is 2. The molecule has 0 saturated heterocycles. The van der Waals surface area contributed by atoms with Gasteiger partial charge in [-0.3, -0.25) is 0 Å². The quantitative estimate of drug-likeness (QED) is 0.181. The second-order valence-corrected chi connectivity index (χ2v) is 17.3. The highest BCUT2D eigenvalue weighted by atomic mass is 16.3. The summed E-state index contributed by atoms with van der Waals surface area (Å²) in [5.74, 6) is 0. The van der Waals surface area contributed by atoms with Crippen LogP contribution in [0.2, 0.25) is 0 Å². The molecule has 7 aromatic carbocycles. The Balaban J connectivity index is 1.11. The summed E-state index contributed by atoms with van der Waals surface area (Å²) in [4.78, 5) is 2.44.